The molecule has 1 aliphatic rings. The molecular weight excluding hydrogens is 292 g/mol. The number of amides is 2. The summed E-state index contributed by atoms with van der Waals surface area (Å²) in [7, 11) is 0. The Morgan fingerprint density at radius 3 is 2.65 bits per heavy atom. The second kappa shape index (κ2) is 6.16. The van der Waals surface area contributed by atoms with Crippen molar-refractivity contribution in [2.24, 2.45) is 5.92 Å². The highest BCUT2D eigenvalue weighted by atomic mass is 16.2. The second-order valence-electron chi connectivity index (χ2n) is 5.75. The topological polar surface area (TPSA) is 75.2 Å². The Bertz CT molecular complexity index is 743. The molecule has 0 unspecified atom stereocenters. The molecule has 23 heavy (non-hydrogen) atoms. The van der Waals surface area contributed by atoms with Crippen LogP contribution in [-0.4, -0.2) is 28.3 Å². The van der Waals surface area contributed by atoms with Crippen LogP contribution in [0.4, 0.5) is 11.6 Å². The summed E-state index contributed by atoms with van der Waals surface area (Å²) in [6.07, 6.45) is 1.79. The monoisotopic (exact) mass is 310 g/mol. The Hall–Kier alpha value is -2.76. The van der Waals surface area contributed by atoms with E-state index in [9.17, 15) is 9.59 Å². The Morgan fingerprint density at radius 1 is 1.22 bits per heavy atom. The summed E-state index contributed by atoms with van der Waals surface area (Å²) < 4.78 is 0. The van der Waals surface area contributed by atoms with Gasteiger partial charge in [-0.25, -0.2) is 9.97 Å². The molecule has 2 heterocycles. The van der Waals surface area contributed by atoms with Crippen molar-refractivity contribution in [3.05, 3.63) is 47.8 Å². The Morgan fingerprint density at radius 2 is 1.96 bits per heavy atom. The number of anilines is 2. The molecule has 0 spiro atoms. The van der Waals surface area contributed by atoms with Crippen molar-refractivity contribution in [1.82, 2.24) is 9.97 Å². The van der Waals surface area contributed by atoms with E-state index in [2.05, 4.69) is 15.3 Å². The molecule has 1 aromatic heterocycles. The first-order valence-electron chi connectivity index (χ1n) is 7.50. The smallest absolute Gasteiger partial charge is 0.232 e. The number of rotatable bonds is 3. The van der Waals surface area contributed by atoms with Crippen LogP contribution < -0.4 is 10.2 Å². The molecular formula is C17H18N4O2. The van der Waals surface area contributed by atoms with E-state index < -0.39 is 5.92 Å². The van der Waals surface area contributed by atoms with Crippen molar-refractivity contribution in [2.75, 3.05) is 16.8 Å². The van der Waals surface area contributed by atoms with Gasteiger partial charge < -0.3 is 4.90 Å². The van der Waals surface area contributed by atoms with Crippen molar-refractivity contribution >= 4 is 23.5 Å². The molecule has 2 aromatic rings. The van der Waals surface area contributed by atoms with E-state index in [1.165, 1.54) is 0 Å². The van der Waals surface area contributed by atoms with Crippen molar-refractivity contribution in [1.29, 1.82) is 0 Å². The predicted molar refractivity (Wildman–Crippen MR) is 87.0 cm³/mol. The van der Waals surface area contributed by atoms with E-state index in [0.717, 1.165) is 16.9 Å². The van der Waals surface area contributed by atoms with Crippen LogP contribution in [0.5, 0.6) is 0 Å². The van der Waals surface area contributed by atoms with Crippen LogP contribution in [0.25, 0.3) is 0 Å². The van der Waals surface area contributed by atoms with Crippen LogP contribution in [0, 0.1) is 19.8 Å². The number of aromatic nitrogens is 2. The number of hydrogen-bond donors (Lipinski definition) is 1. The van der Waals surface area contributed by atoms with Gasteiger partial charge >= 0.3 is 0 Å². The molecule has 0 saturated carbocycles. The third-order valence-corrected chi connectivity index (χ3v) is 3.87. The lowest BCUT2D eigenvalue weighted by Gasteiger charge is -2.16. The van der Waals surface area contributed by atoms with Gasteiger partial charge in [0.05, 0.1) is 5.92 Å². The third-order valence-electron chi connectivity index (χ3n) is 3.87. The minimum atomic E-state index is -0.395. The number of nitrogens with zero attached hydrogens (tertiary/aromatic N) is 3. The van der Waals surface area contributed by atoms with Crippen LogP contribution in [0.15, 0.2) is 36.5 Å². The molecule has 6 heteroatoms. The highest BCUT2D eigenvalue weighted by Crippen LogP contribution is 2.26. The van der Waals surface area contributed by atoms with Gasteiger partial charge in [-0.2, -0.15) is 0 Å². The first-order chi connectivity index (χ1) is 11.0. The molecule has 1 aromatic carbocycles. The quantitative estimate of drug-likeness (QED) is 0.942. The zero-order chi connectivity index (χ0) is 16.4. The standard InChI is InChI=1S/C17H18N4O2/c1-11-3-5-14(6-4-11)21-10-13(9-15(21)22)16(23)20-17-18-8-7-12(2)19-17/h3-8,13H,9-10H2,1-2H3,(H,18,19,20,23)/t13-/m0/s1. The zero-order valence-electron chi connectivity index (χ0n) is 13.1. The van der Waals surface area contributed by atoms with Crippen molar-refractivity contribution in [3.63, 3.8) is 0 Å². The molecule has 0 aliphatic carbocycles. The summed E-state index contributed by atoms with van der Waals surface area (Å²) in [5, 5.41) is 2.69. The molecule has 2 amide bonds. The van der Waals surface area contributed by atoms with Crippen LogP contribution >= 0.6 is 0 Å². The molecule has 1 N–H and O–H groups in total. The lowest BCUT2D eigenvalue weighted by atomic mass is 10.1. The maximum absolute atomic E-state index is 12.3. The molecule has 0 radical (unpaired) electrons. The Kier molecular flexibility index (Phi) is 4.06. The molecule has 3 rings (SSSR count). The largest absolute Gasteiger partial charge is 0.312 e. The number of hydrogen-bond acceptors (Lipinski definition) is 4. The van der Waals surface area contributed by atoms with Gasteiger partial charge in [-0.1, -0.05) is 17.7 Å². The SMILES string of the molecule is Cc1ccc(N2C[C@@H](C(=O)Nc3nccc(C)n3)CC2=O)cc1. The molecule has 6 nitrogen and oxygen atoms in total. The maximum atomic E-state index is 12.3. The van der Waals surface area contributed by atoms with Gasteiger partial charge in [0.25, 0.3) is 0 Å². The fourth-order valence-electron chi connectivity index (χ4n) is 2.58. The van der Waals surface area contributed by atoms with Crippen LogP contribution in [0.1, 0.15) is 17.7 Å². The first-order valence-corrected chi connectivity index (χ1v) is 7.50. The van der Waals surface area contributed by atoms with Gasteiger partial charge in [0.2, 0.25) is 17.8 Å². The van der Waals surface area contributed by atoms with Crippen LogP contribution in [0.2, 0.25) is 0 Å². The predicted octanol–water partition coefficient (Wildman–Crippen LogP) is 2.09. The molecule has 118 valence electrons. The Balaban J connectivity index is 1.69. The lowest BCUT2D eigenvalue weighted by molar-refractivity contribution is -0.122. The van der Waals surface area contributed by atoms with E-state index in [0.29, 0.717) is 6.54 Å². The number of carbonyl (C=O) groups excluding carboxylic acids is 2. The number of benzene rings is 1. The normalized spacial score (nSPS) is 17.4. The van der Waals surface area contributed by atoms with Gasteiger partial charge in [-0.05, 0) is 32.0 Å². The van der Waals surface area contributed by atoms with Gasteiger partial charge in [0.15, 0.2) is 0 Å². The third kappa shape index (κ3) is 3.36. The van der Waals surface area contributed by atoms with Crippen LogP contribution in [0.3, 0.4) is 0 Å². The summed E-state index contributed by atoms with van der Waals surface area (Å²) in [6, 6.07) is 9.47. The molecule has 1 aliphatic heterocycles. The van der Waals surface area contributed by atoms with Crippen molar-refractivity contribution in [3.8, 4) is 0 Å². The zero-order valence-corrected chi connectivity index (χ0v) is 13.1. The fraction of sp³-hybridized carbons (Fsp3) is 0.294. The van der Waals surface area contributed by atoms with E-state index in [1.807, 2.05) is 38.1 Å². The van der Waals surface area contributed by atoms with E-state index in [1.54, 1.807) is 17.2 Å². The van der Waals surface area contributed by atoms with Crippen molar-refractivity contribution < 1.29 is 9.59 Å². The van der Waals surface area contributed by atoms with E-state index >= 15 is 0 Å². The summed E-state index contributed by atoms with van der Waals surface area (Å²) in [4.78, 5) is 34.3. The maximum Gasteiger partial charge on any atom is 0.232 e. The van der Waals surface area contributed by atoms with Gasteiger partial charge in [0, 0.05) is 30.5 Å². The lowest BCUT2D eigenvalue weighted by Crippen LogP contribution is -2.28. The number of carbonyl (C=O) groups is 2. The minimum Gasteiger partial charge on any atom is -0.312 e. The fourth-order valence-corrected chi connectivity index (χ4v) is 2.58. The molecule has 1 saturated heterocycles. The summed E-state index contributed by atoms with van der Waals surface area (Å²) >= 11 is 0. The van der Waals surface area contributed by atoms with Crippen molar-refractivity contribution in [2.45, 2.75) is 20.3 Å². The van der Waals surface area contributed by atoms with Gasteiger partial charge in [0.1, 0.15) is 0 Å². The van der Waals surface area contributed by atoms with Gasteiger partial charge in [-0.3, -0.25) is 14.9 Å². The highest BCUT2D eigenvalue weighted by molar-refractivity contribution is 6.03. The average molecular weight is 310 g/mol. The number of aryl methyl sites for hydroxylation is 2. The first kappa shape index (κ1) is 15.1. The molecule has 0 bridgehead atoms. The molecule has 1 atom stereocenters. The van der Waals surface area contributed by atoms with Gasteiger partial charge in [-0.15, -0.1) is 0 Å². The summed E-state index contributed by atoms with van der Waals surface area (Å²) in [5.41, 5.74) is 2.73. The van der Waals surface area contributed by atoms with E-state index in [4.69, 9.17) is 0 Å². The average Bonchev–Trinajstić information content (AvgIpc) is 2.90. The number of nitrogens with one attached hydrogen (secondary N) is 1. The molecule has 1 fully saturated rings. The Labute approximate surface area is 134 Å². The highest BCUT2D eigenvalue weighted by Gasteiger charge is 2.35. The summed E-state index contributed by atoms with van der Waals surface area (Å²) in [5.74, 6) is -0.387. The summed E-state index contributed by atoms with van der Waals surface area (Å²) in [6.45, 7) is 4.20. The minimum absolute atomic E-state index is 0.0424. The second-order valence-corrected chi connectivity index (χ2v) is 5.75. The van der Waals surface area contributed by atoms with Crippen LogP contribution in [-0.2, 0) is 9.59 Å². The van der Waals surface area contributed by atoms with E-state index in [-0.39, 0.29) is 24.2 Å².